The SMILES string of the molecule is CCc1cc(NCCc2nc(-c3ccc(Cl)cc3)no2)nc(-c2ccncc2)n1. The first kappa shape index (κ1) is 19.0. The maximum atomic E-state index is 5.92. The molecule has 0 aliphatic heterocycles. The fraction of sp³-hybridized carbons (Fsp3) is 0.190. The van der Waals surface area contributed by atoms with E-state index >= 15 is 0 Å². The molecule has 0 unspecified atom stereocenters. The van der Waals surface area contributed by atoms with Crippen LogP contribution in [0.5, 0.6) is 0 Å². The van der Waals surface area contributed by atoms with Crippen molar-refractivity contribution in [1.82, 2.24) is 25.1 Å². The van der Waals surface area contributed by atoms with Crippen molar-refractivity contribution in [2.45, 2.75) is 19.8 Å². The third-order valence-corrected chi connectivity index (χ3v) is 4.55. The lowest BCUT2D eigenvalue weighted by atomic mass is 10.2. The van der Waals surface area contributed by atoms with Gasteiger partial charge in [-0.1, -0.05) is 23.7 Å². The average molecular weight is 407 g/mol. The van der Waals surface area contributed by atoms with Gasteiger partial charge in [0.15, 0.2) is 5.82 Å². The molecule has 4 aromatic rings. The summed E-state index contributed by atoms with van der Waals surface area (Å²) in [5.74, 6) is 2.55. The number of aromatic nitrogens is 5. The summed E-state index contributed by atoms with van der Waals surface area (Å²) >= 11 is 5.92. The zero-order valence-corrected chi connectivity index (χ0v) is 16.6. The molecule has 4 rings (SSSR count). The van der Waals surface area contributed by atoms with Gasteiger partial charge in [0.05, 0.1) is 0 Å². The van der Waals surface area contributed by atoms with E-state index in [1.54, 1.807) is 24.5 Å². The van der Waals surface area contributed by atoms with Crippen LogP contribution in [0.4, 0.5) is 5.82 Å². The summed E-state index contributed by atoms with van der Waals surface area (Å²) in [7, 11) is 0. The lowest BCUT2D eigenvalue weighted by molar-refractivity contribution is 0.381. The van der Waals surface area contributed by atoms with E-state index < -0.39 is 0 Å². The first-order valence-corrected chi connectivity index (χ1v) is 9.70. The minimum absolute atomic E-state index is 0.548. The number of nitrogens with zero attached hydrogens (tertiary/aromatic N) is 5. The van der Waals surface area contributed by atoms with Crippen molar-refractivity contribution >= 4 is 17.4 Å². The molecule has 0 radical (unpaired) electrons. The van der Waals surface area contributed by atoms with Gasteiger partial charge in [-0.2, -0.15) is 4.98 Å². The molecule has 3 aromatic heterocycles. The summed E-state index contributed by atoms with van der Waals surface area (Å²) in [6.07, 6.45) is 4.87. The van der Waals surface area contributed by atoms with Crippen molar-refractivity contribution in [3.8, 4) is 22.8 Å². The van der Waals surface area contributed by atoms with Crippen molar-refractivity contribution in [1.29, 1.82) is 0 Å². The lowest BCUT2D eigenvalue weighted by Gasteiger charge is -2.08. The second-order valence-electron chi connectivity index (χ2n) is 6.35. The van der Waals surface area contributed by atoms with Crippen LogP contribution >= 0.6 is 11.6 Å². The van der Waals surface area contributed by atoms with Crippen LogP contribution in [-0.4, -0.2) is 31.6 Å². The zero-order chi connectivity index (χ0) is 20.1. The Bertz CT molecular complexity index is 1080. The second-order valence-corrected chi connectivity index (χ2v) is 6.79. The van der Waals surface area contributed by atoms with Crippen LogP contribution < -0.4 is 5.32 Å². The fourth-order valence-electron chi connectivity index (χ4n) is 2.77. The van der Waals surface area contributed by atoms with Gasteiger partial charge >= 0.3 is 0 Å². The molecule has 0 aliphatic carbocycles. The van der Waals surface area contributed by atoms with Crippen molar-refractivity contribution in [3.63, 3.8) is 0 Å². The van der Waals surface area contributed by atoms with Crippen LogP contribution in [-0.2, 0) is 12.8 Å². The molecule has 0 atom stereocenters. The zero-order valence-electron chi connectivity index (χ0n) is 15.8. The first-order chi connectivity index (χ1) is 14.2. The predicted octanol–water partition coefficient (Wildman–Crippen LogP) is 4.46. The largest absolute Gasteiger partial charge is 0.369 e. The maximum absolute atomic E-state index is 5.92. The third kappa shape index (κ3) is 4.75. The molecule has 0 spiro atoms. The van der Waals surface area contributed by atoms with Gasteiger partial charge in [-0.15, -0.1) is 0 Å². The second kappa shape index (κ2) is 8.79. The number of benzene rings is 1. The Morgan fingerprint density at radius 2 is 1.69 bits per heavy atom. The molecular weight excluding hydrogens is 388 g/mol. The predicted molar refractivity (Wildman–Crippen MR) is 112 cm³/mol. The van der Waals surface area contributed by atoms with Crippen LogP contribution in [0.3, 0.4) is 0 Å². The summed E-state index contributed by atoms with van der Waals surface area (Å²) in [5.41, 5.74) is 2.77. The van der Waals surface area contributed by atoms with E-state index in [4.69, 9.17) is 16.1 Å². The molecule has 7 nitrogen and oxygen atoms in total. The molecule has 0 amide bonds. The average Bonchev–Trinajstić information content (AvgIpc) is 3.23. The van der Waals surface area contributed by atoms with Gasteiger partial charge in [-0.05, 0) is 42.8 Å². The van der Waals surface area contributed by atoms with Crippen molar-refractivity contribution in [2.24, 2.45) is 0 Å². The Kier molecular flexibility index (Phi) is 5.76. The van der Waals surface area contributed by atoms with E-state index in [1.165, 1.54) is 0 Å². The summed E-state index contributed by atoms with van der Waals surface area (Å²) in [5, 5.41) is 8.03. The minimum atomic E-state index is 0.548. The Hall–Kier alpha value is -3.32. The smallest absolute Gasteiger partial charge is 0.228 e. The monoisotopic (exact) mass is 406 g/mol. The van der Waals surface area contributed by atoms with Crippen LogP contribution in [0.2, 0.25) is 5.02 Å². The molecule has 0 saturated heterocycles. The van der Waals surface area contributed by atoms with Gasteiger partial charge < -0.3 is 9.84 Å². The van der Waals surface area contributed by atoms with Crippen LogP contribution in [0.15, 0.2) is 59.4 Å². The molecule has 0 saturated carbocycles. The Morgan fingerprint density at radius 1 is 0.931 bits per heavy atom. The number of halogens is 1. The molecule has 146 valence electrons. The fourth-order valence-corrected chi connectivity index (χ4v) is 2.90. The normalized spacial score (nSPS) is 10.8. The highest BCUT2D eigenvalue weighted by atomic mass is 35.5. The summed E-state index contributed by atoms with van der Waals surface area (Å²) in [6, 6.07) is 13.1. The van der Waals surface area contributed by atoms with Crippen LogP contribution in [0, 0.1) is 0 Å². The van der Waals surface area contributed by atoms with E-state index in [1.807, 2.05) is 30.3 Å². The summed E-state index contributed by atoms with van der Waals surface area (Å²) < 4.78 is 5.35. The quantitative estimate of drug-likeness (QED) is 0.484. The number of hydrogen-bond donors (Lipinski definition) is 1. The molecule has 0 bridgehead atoms. The van der Waals surface area contributed by atoms with Gasteiger partial charge in [0, 0.05) is 53.3 Å². The Morgan fingerprint density at radius 3 is 2.45 bits per heavy atom. The van der Waals surface area contributed by atoms with Gasteiger partial charge in [-0.3, -0.25) is 4.98 Å². The van der Waals surface area contributed by atoms with Crippen molar-refractivity contribution in [2.75, 3.05) is 11.9 Å². The minimum Gasteiger partial charge on any atom is -0.369 e. The van der Waals surface area contributed by atoms with E-state index in [0.717, 1.165) is 29.1 Å². The molecule has 0 fully saturated rings. The highest BCUT2D eigenvalue weighted by Gasteiger charge is 2.10. The number of pyridine rings is 1. The van der Waals surface area contributed by atoms with E-state index in [2.05, 4.69) is 37.3 Å². The van der Waals surface area contributed by atoms with E-state index in [0.29, 0.717) is 35.5 Å². The molecule has 1 N–H and O–H groups in total. The first-order valence-electron chi connectivity index (χ1n) is 9.32. The summed E-state index contributed by atoms with van der Waals surface area (Å²) in [6.45, 7) is 2.68. The van der Waals surface area contributed by atoms with Crippen LogP contribution in [0.25, 0.3) is 22.8 Å². The Labute approximate surface area is 173 Å². The topological polar surface area (TPSA) is 89.6 Å². The molecule has 1 aromatic carbocycles. The molecule has 29 heavy (non-hydrogen) atoms. The van der Waals surface area contributed by atoms with Crippen LogP contribution in [0.1, 0.15) is 18.5 Å². The third-order valence-electron chi connectivity index (χ3n) is 4.30. The standard InChI is InChI=1S/C21H19ClN6O/c1-2-17-13-18(26-20(25-17)15-7-10-23-11-8-15)24-12-9-19-27-21(28-29-19)14-3-5-16(22)6-4-14/h3-8,10-11,13H,2,9,12H2,1H3,(H,24,25,26). The van der Waals surface area contributed by atoms with E-state index in [-0.39, 0.29) is 0 Å². The van der Waals surface area contributed by atoms with Gasteiger partial charge in [-0.25, -0.2) is 9.97 Å². The van der Waals surface area contributed by atoms with Gasteiger partial charge in [0.1, 0.15) is 5.82 Å². The Balaban J connectivity index is 1.42. The lowest BCUT2D eigenvalue weighted by Crippen LogP contribution is -2.08. The number of rotatable bonds is 7. The summed E-state index contributed by atoms with van der Waals surface area (Å²) in [4.78, 5) is 17.7. The highest BCUT2D eigenvalue weighted by molar-refractivity contribution is 6.30. The van der Waals surface area contributed by atoms with Gasteiger partial charge in [0.25, 0.3) is 0 Å². The molecular formula is C21H19ClN6O. The van der Waals surface area contributed by atoms with Gasteiger partial charge in [0.2, 0.25) is 11.7 Å². The number of aryl methyl sites for hydroxylation is 1. The molecule has 8 heteroatoms. The highest BCUT2D eigenvalue weighted by Crippen LogP contribution is 2.20. The molecule has 0 aliphatic rings. The van der Waals surface area contributed by atoms with E-state index in [9.17, 15) is 0 Å². The number of nitrogens with one attached hydrogen (secondary N) is 1. The van der Waals surface area contributed by atoms with Crippen molar-refractivity contribution < 1.29 is 4.52 Å². The molecule has 3 heterocycles. The maximum Gasteiger partial charge on any atom is 0.228 e. The number of anilines is 1. The number of hydrogen-bond acceptors (Lipinski definition) is 7. The van der Waals surface area contributed by atoms with Crippen molar-refractivity contribution in [3.05, 3.63) is 71.5 Å².